The number of hydrogen-bond acceptors (Lipinski definition) is 2. The molecule has 124 valence electrons. The van der Waals surface area contributed by atoms with Crippen molar-refractivity contribution in [2.75, 3.05) is 13.1 Å². The highest BCUT2D eigenvalue weighted by Crippen LogP contribution is 2.20. The first-order valence-electron chi connectivity index (χ1n) is 8.87. The average molecular weight is 310 g/mol. The molecule has 2 heteroatoms. The Morgan fingerprint density at radius 1 is 0.826 bits per heavy atom. The predicted molar refractivity (Wildman–Crippen MR) is 99.5 cm³/mol. The number of nitrogens with zero attached hydrogens (tertiary/aromatic N) is 1. The lowest BCUT2D eigenvalue weighted by atomic mass is 9.98. The molecule has 0 aliphatic heterocycles. The van der Waals surface area contributed by atoms with Crippen LogP contribution in [0.5, 0.6) is 0 Å². The minimum atomic E-state index is 0.337. The molecule has 0 aliphatic carbocycles. The molecule has 0 saturated carbocycles. The van der Waals surface area contributed by atoms with Crippen LogP contribution < -0.4 is 5.32 Å². The molecular formula is C21H30N2. The third kappa shape index (κ3) is 5.19. The van der Waals surface area contributed by atoms with Gasteiger partial charge in [-0.2, -0.15) is 0 Å². The third-order valence-electron chi connectivity index (χ3n) is 4.52. The van der Waals surface area contributed by atoms with Gasteiger partial charge in [0.2, 0.25) is 0 Å². The van der Waals surface area contributed by atoms with Gasteiger partial charge in [0.1, 0.15) is 0 Å². The minimum Gasteiger partial charge on any atom is -0.294 e. The molecule has 0 bridgehead atoms. The van der Waals surface area contributed by atoms with Crippen LogP contribution in [-0.4, -0.2) is 24.2 Å². The summed E-state index contributed by atoms with van der Waals surface area (Å²) in [6.45, 7) is 8.90. The number of benzene rings is 2. The molecule has 2 aromatic rings. The molecule has 0 heterocycles. The van der Waals surface area contributed by atoms with E-state index in [0.29, 0.717) is 12.2 Å². The zero-order valence-electron chi connectivity index (χ0n) is 14.7. The number of nitrogens with one attached hydrogen (secondary N) is 1. The second kappa shape index (κ2) is 9.49. The van der Waals surface area contributed by atoms with E-state index in [2.05, 4.69) is 91.7 Å². The van der Waals surface area contributed by atoms with Crippen molar-refractivity contribution in [1.29, 1.82) is 0 Å². The van der Waals surface area contributed by atoms with E-state index in [-0.39, 0.29) is 0 Å². The lowest BCUT2D eigenvalue weighted by molar-refractivity contribution is 0.161. The molecule has 23 heavy (non-hydrogen) atoms. The standard InChI is InChI=1S/C21H30N2/c1-4-21(23(5-2)6-3)22-20(19-15-11-8-12-16-19)17-18-13-9-7-10-14-18/h7-16,20-22H,4-6,17H2,1-3H3. The zero-order chi connectivity index (χ0) is 16.5. The Morgan fingerprint density at radius 3 is 1.91 bits per heavy atom. The highest BCUT2D eigenvalue weighted by atomic mass is 15.3. The monoisotopic (exact) mass is 310 g/mol. The van der Waals surface area contributed by atoms with Crippen LogP contribution in [0.25, 0.3) is 0 Å². The van der Waals surface area contributed by atoms with Crippen molar-refractivity contribution in [1.82, 2.24) is 10.2 Å². The maximum absolute atomic E-state index is 3.90. The first kappa shape index (κ1) is 17.7. The van der Waals surface area contributed by atoms with Gasteiger partial charge in [-0.3, -0.25) is 10.2 Å². The summed E-state index contributed by atoms with van der Waals surface area (Å²) in [6.07, 6.45) is 2.54. The average Bonchev–Trinajstić information content (AvgIpc) is 2.62. The molecule has 2 atom stereocenters. The number of hydrogen-bond donors (Lipinski definition) is 1. The highest BCUT2D eigenvalue weighted by Gasteiger charge is 2.19. The Kier molecular flexibility index (Phi) is 7.31. The second-order valence-corrected chi connectivity index (χ2v) is 5.96. The Balaban J connectivity index is 2.19. The SMILES string of the molecule is CCC(NC(Cc1ccccc1)c1ccccc1)N(CC)CC. The summed E-state index contributed by atoms with van der Waals surface area (Å²) in [5, 5.41) is 3.90. The van der Waals surface area contributed by atoms with Gasteiger partial charge in [-0.15, -0.1) is 0 Å². The fourth-order valence-electron chi connectivity index (χ4n) is 3.19. The molecule has 0 radical (unpaired) electrons. The summed E-state index contributed by atoms with van der Waals surface area (Å²) in [6, 6.07) is 21.9. The van der Waals surface area contributed by atoms with Crippen molar-refractivity contribution in [3.8, 4) is 0 Å². The molecule has 1 N–H and O–H groups in total. The molecule has 0 spiro atoms. The maximum atomic E-state index is 3.90. The second-order valence-electron chi connectivity index (χ2n) is 5.96. The van der Waals surface area contributed by atoms with Crippen molar-refractivity contribution in [2.45, 2.75) is 45.8 Å². The van der Waals surface area contributed by atoms with Gasteiger partial charge in [0.15, 0.2) is 0 Å². The molecule has 0 saturated heterocycles. The lowest BCUT2D eigenvalue weighted by Crippen LogP contribution is -2.47. The van der Waals surface area contributed by atoms with E-state index in [1.807, 2.05) is 0 Å². The van der Waals surface area contributed by atoms with Gasteiger partial charge in [-0.05, 0) is 37.1 Å². The Bertz CT molecular complexity index is 534. The van der Waals surface area contributed by atoms with Crippen molar-refractivity contribution >= 4 is 0 Å². The Morgan fingerprint density at radius 2 is 1.39 bits per heavy atom. The van der Waals surface area contributed by atoms with Crippen molar-refractivity contribution in [3.05, 3.63) is 71.8 Å². The molecule has 0 aromatic heterocycles. The van der Waals surface area contributed by atoms with Crippen LogP contribution in [-0.2, 0) is 6.42 Å². The number of rotatable bonds is 9. The maximum Gasteiger partial charge on any atom is 0.0599 e. The predicted octanol–water partition coefficient (Wildman–Crippen LogP) is 4.64. The van der Waals surface area contributed by atoms with E-state index in [0.717, 1.165) is 25.9 Å². The van der Waals surface area contributed by atoms with Crippen LogP contribution in [0.1, 0.15) is 44.4 Å². The summed E-state index contributed by atoms with van der Waals surface area (Å²) in [7, 11) is 0. The lowest BCUT2D eigenvalue weighted by Gasteiger charge is -2.33. The smallest absolute Gasteiger partial charge is 0.0599 e. The van der Waals surface area contributed by atoms with Gasteiger partial charge in [-0.25, -0.2) is 0 Å². The van der Waals surface area contributed by atoms with Crippen LogP contribution in [0.2, 0.25) is 0 Å². The minimum absolute atomic E-state index is 0.337. The zero-order valence-corrected chi connectivity index (χ0v) is 14.7. The Hall–Kier alpha value is -1.64. The quantitative estimate of drug-likeness (QED) is 0.679. The van der Waals surface area contributed by atoms with E-state index in [9.17, 15) is 0 Å². The largest absolute Gasteiger partial charge is 0.294 e. The molecule has 0 amide bonds. The van der Waals surface area contributed by atoms with Crippen molar-refractivity contribution in [3.63, 3.8) is 0 Å². The van der Waals surface area contributed by atoms with Gasteiger partial charge < -0.3 is 0 Å². The summed E-state index contributed by atoms with van der Waals surface area (Å²) >= 11 is 0. The third-order valence-corrected chi connectivity index (χ3v) is 4.52. The fraction of sp³-hybridized carbons (Fsp3) is 0.429. The van der Waals surface area contributed by atoms with Gasteiger partial charge in [0.25, 0.3) is 0 Å². The summed E-state index contributed by atoms with van der Waals surface area (Å²) in [5.41, 5.74) is 2.74. The van der Waals surface area contributed by atoms with Crippen LogP contribution in [0.4, 0.5) is 0 Å². The van der Waals surface area contributed by atoms with Gasteiger partial charge in [0, 0.05) is 6.04 Å². The van der Waals surface area contributed by atoms with E-state index in [4.69, 9.17) is 0 Å². The first-order chi connectivity index (χ1) is 11.3. The fourth-order valence-corrected chi connectivity index (χ4v) is 3.19. The first-order valence-corrected chi connectivity index (χ1v) is 8.87. The van der Waals surface area contributed by atoms with E-state index in [1.165, 1.54) is 11.1 Å². The van der Waals surface area contributed by atoms with Crippen LogP contribution in [0.15, 0.2) is 60.7 Å². The molecular weight excluding hydrogens is 280 g/mol. The normalized spacial score (nSPS) is 13.9. The molecule has 2 unspecified atom stereocenters. The topological polar surface area (TPSA) is 15.3 Å². The summed E-state index contributed by atoms with van der Waals surface area (Å²) in [5.74, 6) is 0. The molecule has 2 aromatic carbocycles. The van der Waals surface area contributed by atoms with Crippen molar-refractivity contribution < 1.29 is 0 Å². The highest BCUT2D eigenvalue weighted by molar-refractivity contribution is 5.23. The molecule has 2 nitrogen and oxygen atoms in total. The van der Waals surface area contributed by atoms with E-state index >= 15 is 0 Å². The van der Waals surface area contributed by atoms with Gasteiger partial charge in [0.05, 0.1) is 6.17 Å². The summed E-state index contributed by atoms with van der Waals surface area (Å²) < 4.78 is 0. The molecule has 0 aliphatic rings. The van der Waals surface area contributed by atoms with Crippen LogP contribution in [0.3, 0.4) is 0 Å². The summed E-state index contributed by atoms with van der Waals surface area (Å²) in [4.78, 5) is 2.50. The van der Waals surface area contributed by atoms with E-state index < -0.39 is 0 Å². The Labute approximate surface area is 141 Å². The van der Waals surface area contributed by atoms with Gasteiger partial charge in [-0.1, -0.05) is 81.4 Å². The van der Waals surface area contributed by atoms with Gasteiger partial charge >= 0.3 is 0 Å². The van der Waals surface area contributed by atoms with Crippen LogP contribution in [0, 0.1) is 0 Å². The molecule has 2 rings (SSSR count). The van der Waals surface area contributed by atoms with Crippen LogP contribution >= 0.6 is 0 Å². The van der Waals surface area contributed by atoms with Crippen molar-refractivity contribution in [2.24, 2.45) is 0 Å². The van der Waals surface area contributed by atoms with E-state index in [1.54, 1.807) is 0 Å². The molecule has 0 fully saturated rings.